The van der Waals surface area contributed by atoms with Crippen LogP contribution in [0.25, 0.3) is 0 Å². The summed E-state index contributed by atoms with van der Waals surface area (Å²) in [5, 5.41) is 0. The van der Waals surface area contributed by atoms with Gasteiger partial charge in [-0.15, -0.1) is 0 Å². The van der Waals surface area contributed by atoms with Crippen LogP contribution < -0.4 is 11.3 Å². The normalized spacial score (nSPS) is 17.0. The minimum atomic E-state index is -0.0758. The molecule has 0 unspecified atom stereocenters. The molecule has 1 amide bonds. The molecule has 0 aromatic carbocycles. The van der Waals surface area contributed by atoms with Crippen LogP contribution in [-0.4, -0.2) is 19.1 Å². The Bertz CT molecular complexity index is 204. The second-order valence-electron chi connectivity index (χ2n) is 4.96. The molecule has 0 heterocycles. The van der Waals surface area contributed by atoms with Gasteiger partial charge in [0, 0.05) is 19.6 Å². The Morgan fingerprint density at radius 3 is 2.65 bits per heavy atom. The minimum Gasteiger partial charge on any atom is -0.381 e. The highest BCUT2D eigenvalue weighted by atomic mass is 16.5. The van der Waals surface area contributed by atoms with Crippen LogP contribution in [0.15, 0.2) is 0 Å². The fourth-order valence-electron chi connectivity index (χ4n) is 2.34. The van der Waals surface area contributed by atoms with Gasteiger partial charge in [0.25, 0.3) is 0 Å². The summed E-state index contributed by atoms with van der Waals surface area (Å²) in [4.78, 5) is 10.8. The number of hydrogen-bond donors (Lipinski definition) is 2. The standard InChI is InChI=1S/C13H26N2O2/c14-15-13(16)9-5-2-6-10-17-11-12-7-3-1-4-8-12/h12H,1-11,14H2,(H,15,16). The highest BCUT2D eigenvalue weighted by molar-refractivity contribution is 5.74. The highest BCUT2D eigenvalue weighted by Crippen LogP contribution is 2.23. The van der Waals surface area contributed by atoms with Crippen molar-refractivity contribution in [1.82, 2.24) is 5.43 Å². The summed E-state index contributed by atoms with van der Waals surface area (Å²) in [7, 11) is 0. The van der Waals surface area contributed by atoms with Gasteiger partial charge in [-0.25, -0.2) is 5.84 Å². The Kier molecular flexibility index (Phi) is 8.01. The van der Waals surface area contributed by atoms with Gasteiger partial charge in [-0.2, -0.15) is 0 Å². The lowest BCUT2D eigenvalue weighted by molar-refractivity contribution is -0.121. The van der Waals surface area contributed by atoms with Crippen molar-refractivity contribution < 1.29 is 9.53 Å². The zero-order valence-corrected chi connectivity index (χ0v) is 10.7. The molecule has 0 atom stereocenters. The smallest absolute Gasteiger partial charge is 0.233 e. The molecule has 0 bridgehead atoms. The maximum absolute atomic E-state index is 10.8. The summed E-state index contributed by atoms with van der Waals surface area (Å²) in [5.41, 5.74) is 2.14. The van der Waals surface area contributed by atoms with E-state index in [0.717, 1.165) is 38.4 Å². The van der Waals surface area contributed by atoms with Gasteiger partial charge in [-0.05, 0) is 31.6 Å². The van der Waals surface area contributed by atoms with Gasteiger partial charge in [-0.1, -0.05) is 25.7 Å². The molecular formula is C13H26N2O2. The molecule has 0 saturated heterocycles. The van der Waals surface area contributed by atoms with Crippen molar-refractivity contribution in [3.8, 4) is 0 Å². The number of carbonyl (C=O) groups excluding carboxylic acids is 1. The number of unbranched alkanes of at least 4 members (excludes halogenated alkanes) is 2. The van der Waals surface area contributed by atoms with Crippen LogP contribution in [0.4, 0.5) is 0 Å². The Morgan fingerprint density at radius 1 is 1.18 bits per heavy atom. The molecule has 17 heavy (non-hydrogen) atoms. The molecule has 1 rings (SSSR count). The Morgan fingerprint density at radius 2 is 1.94 bits per heavy atom. The molecule has 3 N–H and O–H groups in total. The van der Waals surface area contributed by atoms with Gasteiger partial charge >= 0.3 is 0 Å². The van der Waals surface area contributed by atoms with E-state index in [0.29, 0.717) is 6.42 Å². The lowest BCUT2D eigenvalue weighted by Crippen LogP contribution is -2.29. The molecule has 1 aliphatic carbocycles. The third kappa shape index (κ3) is 7.34. The summed E-state index contributed by atoms with van der Waals surface area (Å²) in [5.74, 6) is 5.71. The van der Waals surface area contributed by atoms with Gasteiger partial charge in [0.2, 0.25) is 5.91 Å². The van der Waals surface area contributed by atoms with E-state index in [4.69, 9.17) is 10.6 Å². The summed E-state index contributed by atoms with van der Waals surface area (Å²) < 4.78 is 5.68. The predicted molar refractivity (Wildman–Crippen MR) is 68.2 cm³/mol. The van der Waals surface area contributed by atoms with E-state index in [1.807, 2.05) is 0 Å². The molecule has 1 saturated carbocycles. The average molecular weight is 242 g/mol. The first kappa shape index (κ1) is 14.5. The van der Waals surface area contributed by atoms with E-state index in [-0.39, 0.29) is 5.91 Å². The van der Waals surface area contributed by atoms with Crippen molar-refractivity contribution in [1.29, 1.82) is 0 Å². The van der Waals surface area contributed by atoms with Crippen molar-refractivity contribution in [3.05, 3.63) is 0 Å². The van der Waals surface area contributed by atoms with Crippen LogP contribution in [0.3, 0.4) is 0 Å². The molecule has 1 aliphatic rings. The molecule has 0 aliphatic heterocycles. The van der Waals surface area contributed by atoms with Crippen molar-refractivity contribution >= 4 is 5.91 Å². The number of carbonyl (C=O) groups is 1. The molecule has 0 radical (unpaired) electrons. The Balaban J connectivity index is 1.82. The number of nitrogens with one attached hydrogen (secondary N) is 1. The summed E-state index contributed by atoms with van der Waals surface area (Å²) in [6.07, 6.45) is 10.4. The lowest BCUT2D eigenvalue weighted by Gasteiger charge is -2.21. The maximum atomic E-state index is 10.8. The van der Waals surface area contributed by atoms with E-state index in [2.05, 4.69) is 5.43 Å². The molecule has 4 nitrogen and oxygen atoms in total. The molecule has 0 aromatic rings. The van der Waals surface area contributed by atoms with Crippen LogP contribution >= 0.6 is 0 Å². The average Bonchev–Trinajstić information content (AvgIpc) is 2.38. The molecule has 1 fully saturated rings. The topological polar surface area (TPSA) is 64.3 Å². The Hall–Kier alpha value is -0.610. The largest absolute Gasteiger partial charge is 0.381 e. The van der Waals surface area contributed by atoms with Crippen LogP contribution in [0, 0.1) is 5.92 Å². The first-order chi connectivity index (χ1) is 8.33. The van der Waals surface area contributed by atoms with Crippen molar-refractivity contribution in [2.45, 2.75) is 57.8 Å². The third-order valence-electron chi connectivity index (χ3n) is 3.43. The van der Waals surface area contributed by atoms with Gasteiger partial charge in [0.15, 0.2) is 0 Å². The number of amides is 1. The van der Waals surface area contributed by atoms with Crippen molar-refractivity contribution in [3.63, 3.8) is 0 Å². The summed E-state index contributed by atoms with van der Waals surface area (Å²) >= 11 is 0. The second kappa shape index (κ2) is 9.42. The number of ether oxygens (including phenoxy) is 1. The number of rotatable bonds is 8. The second-order valence-corrected chi connectivity index (χ2v) is 4.96. The maximum Gasteiger partial charge on any atom is 0.233 e. The number of hydrazine groups is 1. The molecule has 4 heteroatoms. The number of nitrogens with two attached hydrogens (primary N) is 1. The SMILES string of the molecule is NNC(=O)CCCCCOCC1CCCCC1. The summed E-state index contributed by atoms with van der Waals surface area (Å²) in [6, 6.07) is 0. The molecule has 100 valence electrons. The zero-order chi connectivity index (χ0) is 12.3. The predicted octanol–water partition coefficient (Wildman–Crippen LogP) is 2.13. The van der Waals surface area contributed by atoms with Gasteiger partial charge in [0.1, 0.15) is 0 Å². The van der Waals surface area contributed by atoms with Crippen LogP contribution in [-0.2, 0) is 9.53 Å². The molecular weight excluding hydrogens is 216 g/mol. The van der Waals surface area contributed by atoms with Gasteiger partial charge < -0.3 is 4.74 Å². The van der Waals surface area contributed by atoms with Crippen LogP contribution in [0.5, 0.6) is 0 Å². The number of hydrogen-bond acceptors (Lipinski definition) is 3. The van der Waals surface area contributed by atoms with Gasteiger partial charge in [0.05, 0.1) is 0 Å². The van der Waals surface area contributed by atoms with Crippen LogP contribution in [0.1, 0.15) is 57.8 Å². The van der Waals surface area contributed by atoms with E-state index >= 15 is 0 Å². The fraction of sp³-hybridized carbons (Fsp3) is 0.923. The quantitative estimate of drug-likeness (QED) is 0.296. The monoisotopic (exact) mass is 242 g/mol. The van der Waals surface area contributed by atoms with E-state index in [1.54, 1.807) is 0 Å². The third-order valence-corrected chi connectivity index (χ3v) is 3.43. The molecule has 0 aromatic heterocycles. The van der Waals surface area contributed by atoms with E-state index < -0.39 is 0 Å². The van der Waals surface area contributed by atoms with Gasteiger partial charge in [-0.3, -0.25) is 10.2 Å². The first-order valence-electron chi connectivity index (χ1n) is 6.90. The van der Waals surface area contributed by atoms with Crippen LogP contribution in [0.2, 0.25) is 0 Å². The lowest BCUT2D eigenvalue weighted by atomic mass is 9.90. The molecule has 0 spiro atoms. The van der Waals surface area contributed by atoms with E-state index in [9.17, 15) is 4.79 Å². The Labute approximate surface area is 104 Å². The minimum absolute atomic E-state index is 0.0758. The van der Waals surface area contributed by atoms with E-state index in [1.165, 1.54) is 32.1 Å². The van der Waals surface area contributed by atoms with Crippen molar-refractivity contribution in [2.75, 3.05) is 13.2 Å². The fourth-order valence-corrected chi connectivity index (χ4v) is 2.34. The highest BCUT2D eigenvalue weighted by Gasteiger charge is 2.12. The first-order valence-corrected chi connectivity index (χ1v) is 6.90. The summed E-state index contributed by atoms with van der Waals surface area (Å²) in [6.45, 7) is 1.77. The zero-order valence-electron chi connectivity index (χ0n) is 10.7. The van der Waals surface area contributed by atoms with Crippen molar-refractivity contribution in [2.24, 2.45) is 11.8 Å².